The maximum absolute atomic E-state index is 12.4. The maximum Gasteiger partial charge on any atom is 0.370 e. The first-order valence-corrected chi connectivity index (χ1v) is 7.99. The topological polar surface area (TPSA) is 56.0 Å². The van der Waals surface area contributed by atoms with E-state index in [0.29, 0.717) is 6.67 Å². The van der Waals surface area contributed by atoms with Crippen LogP contribution in [0.3, 0.4) is 0 Å². The molecule has 0 aliphatic rings. The molecule has 0 fully saturated rings. The molecule has 22 heavy (non-hydrogen) atoms. The van der Waals surface area contributed by atoms with E-state index in [9.17, 15) is 4.79 Å². The normalized spacial score (nSPS) is 11.2. The third-order valence-electron chi connectivity index (χ3n) is 3.38. The molecule has 2 aromatic heterocycles. The van der Waals surface area contributed by atoms with E-state index in [-0.39, 0.29) is 5.69 Å². The third kappa shape index (κ3) is 3.15. The lowest BCUT2D eigenvalue weighted by Gasteiger charge is -2.19. The molecule has 0 radical (unpaired) electrons. The van der Waals surface area contributed by atoms with Crippen LogP contribution in [-0.4, -0.2) is 31.2 Å². The molecule has 0 N–H and O–H groups in total. The molecule has 0 spiro atoms. The average Bonchev–Trinajstić information content (AvgIpc) is 3.18. The minimum atomic E-state index is -0.214. The van der Waals surface area contributed by atoms with Gasteiger partial charge < -0.3 is 0 Å². The van der Waals surface area contributed by atoms with Gasteiger partial charge >= 0.3 is 5.69 Å². The molecule has 114 valence electrons. The molecule has 0 unspecified atom stereocenters. The fraction of sp³-hybridized carbons (Fsp3) is 0.267. The second kappa shape index (κ2) is 6.67. The largest absolute Gasteiger partial charge is 0.370 e. The second-order valence-electron chi connectivity index (χ2n) is 4.90. The Bertz CT molecular complexity index is 763. The predicted molar refractivity (Wildman–Crippen MR) is 86.0 cm³/mol. The minimum Gasteiger partial charge on any atom is -0.280 e. The Kier molecular flexibility index (Phi) is 4.45. The molecule has 0 amide bonds. The van der Waals surface area contributed by atoms with Crippen LogP contribution in [-0.2, 0) is 13.2 Å². The number of aromatic nitrogens is 4. The summed E-state index contributed by atoms with van der Waals surface area (Å²) in [5, 5.41) is 10.6. The summed E-state index contributed by atoms with van der Waals surface area (Å²) in [4.78, 5) is 14.5. The molecule has 3 aromatic rings. The molecule has 0 saturated heterocycles. The van der Waals surface area contributed by atoms with Crippen LogP contribution in [0.5, 0.6) is 0 Å². The van der Waals surface area contributed by atoms with E-state index in [2.05, 4.69) is 34.4 Å². The van der Waals surface area contributed by atoms with E-state index in [1.807, 2.05) is 35.7 Å². The van der Waals surface area contributed by atoms with Crippen molar-refractivity contribution in [1.29, 1.82) is 0 Å². The second-order valence-corrected chi connectivity index (χ2v) is 5.82. The van der Waals surface area contributed by atoms with Crippen LogP contribution in [0.2, 0.25) is 0 Å². The first-order chi connectivity index (χ1) is 10.8. The molecular formula is C15H17N5OS. The smallest absolute Gasteiger partial charge is 0.280 e. The van der Waals surface area contributed by atoms with Gasteiger partial charge in [0.2, 0.25) is 0 Å². The van der Waals surface area contributed by atoms with E-state index in [1.54, 1.807) is 0 Å². The number of benzene rings is 1. The Hall–Kier alpha value is -2.25. The summed E-state index contributed by atoms with van der Waals surface area (Å²) in [6, 6.07) is 13.9. The van der Waals surface area contributed by atoms with Gasteiger partial charge in [-0.1, -0.05) is 37.3 Å². The van der Waals surface area contributed by atoms with Gasteiger partial charge in [0, 0.05) is 6.54 Å². The number of thiophene rings is 1. The average molecular weight is 315 g/mol. The van der Waals surface area contributed by atoms with Crippen molar-refractivity contribution in [2.24, 2.45) is 0 Å². The van der Waals surface area contributed by atoms with E-state index in [0.717, 1.165) is 18.1 Å². The fourth-order valence-corrected chi connectivity index (χ4v) is 2.85. The van der Waals surface area contributed by atoms with Crippen LogP contribution in [0.25, 0.3) is 5.00 Å². The Morgan fingerprint density at radius 3 is 2.64 bits per heavy atom. The first-order valence-electron chi connectivity index (χ1n) is 7.11. The predicted octanol–water partition coefficient (Wildman–Crippen LogP) is 1.97. The van der Waals surface area contributed by atoms with Gasteiger partial charge in [0.25, 0.3) is 0 Å². The van der Waals surface area contributed by atoms with E-state index < -0.39 is 0 Å². The highest BCUT2D eigenvalue weighted by molar-refractivity contribution is 7.12. The zero-order chi connectivity index (χ0) is 15.4. The van der Waals surface area contributed by atoms with Crippen molar-refractivity contribution in [2.45, 2.75) is 20.1 Å². The summed E-state index contributed by atoms with van der Waals surface area (Å²) in [5.74, 6) is 0. The van der Waals surface area contributed by atoms with Crippen molar-refractivity contribution >= 4 is 11.3 Å². The molecule has 0 atom stereocenters. The molecule has 2 heterocycles. The molecule has 1 aromatic carbocycles. The molecule has 0 saturated carbocycles. The Morgan fingerprint density at radius 1 is 1.14 bits per heavy atom. The number of rotatable bonds is 6. The van der Waals surface area contributed by atoms with Crippen molar-refractivity contribution in [3.8, 4) is 5.00 Å². The summed E-state index contributed by atoms with van der Waals surface area (Å²) in [7, 11) is 0. The fourth-order valence-electron chi connectivity index (χ4n) is 2.18. The Morgan fingerprint density at radius 2 is 1.95 bits per heavy atom. The number of tetrazole rings is 1. The standard InChI is InChI=1S/C15H17N5OS/c1-2-18(11-13-7-4-3-5-8-13)12-19-15(21)20(17-16-19)14-9-6-10-22-14/h3-10H,2,11-12H2,1H3. The lowest BCUT2D eigenvalue weighted by atomic mass is 10.2. The molecule has 7 heteroatoms. The van der Waals surface area contributed by atoms with Crippen LogP contribution in [0, 0.1) is 0 Å². The van der Waals surface area contributed by atoms with Gasteiger partial charge in [-0.2, -0.15) is 9.36 Å². The van der Waals surface area contributed by atoms with E-state index in [1.165, 1.54) is 26.3 Å². The SMILES string of the molecule is CCN(Cc1ccccc1)Cn1nnn(-c2cccs2)c1=O. The van der Waals surface area contributed by atoms with Gasteiger partial charge in [-0.25, -0.2) is 4.79 Å². The monoisotopic (exact) mass is 315 g/mol. The van der Waals surface area contributed by atoms with Crippen LogP contribution < -0.4 is 5.69 Å². The molecular weight excluding hydrogens is 298 g/mol. The van der Waals surface area contributed by atoms with Crippen LogP contribution in [0.4, 0.5) is 0 Å². The van der Waals surface area contributed by atoms with Crippen molar-refractivity contribution in [1.82, 2.24) is 24.7 Å². The quantitative estimate of drug-likeness (QED) is 0.698. The summed E-state index contributed by atoms with van der Waals surface area (Å²) >= 11 is 1.46. The summed E-state index contributed by atoms with van der Waals surface area (Å²) in [5.41, 5.74) is 0.997. The Labute approximate surface area is 132 Å². The highest BCUT2D eigenvalue weighted by Crippen LogP contribution is 2.10. The van der Waals surface area contributed by atoms with Crippen molar-refractivity contribution in [3.05, 3.63) is 63.9 Å². The lowest BCUT2D eigenvalue weighted by Crippen LogP contribution is -2.33. The lowest BCUT2D eigenvalue weighted by molar-refractivity contribution is 0.204. The third-order valence-corrected chi connectivity index (χ3v) is 4.23. The van der Waals surface area contributed by atoms with Gasteiger partial charge in [0.1, 0.15) is 11.7 Å². The number of nitrogens with zero attached hydrogens (tertiary/aromatic N) is 5. The summed E-state index contributed by atoms with van der Waals surface area (Å²) in [6.45, 7) is 4.09. The van der Waals surface area contributed by atoms with Gasteiger partial charge in [-0.3, -0.25) is 4.90 Å². The van der Waals surface area contributed by atoms with Gasteiger partial charge in [0.15, 0.2) is 0 Å². The van der Waals surface area contributed by atoms with Crippen molar-refractivity contribution in [2.75, 3.05) is 6.54 Å². The van der Waals surface area contributed by atoms with Gasteiger partial charge in [0.05, 0.1) is 0 Å². The zero-order valence-electron chi connectivity index (χ0n) is 12.3. The van der Waals surface area contributed by atoms with Crippen molar-refractivity contribution < 1.29 is 0 Å². The first kappa shape index (κ1) is 14.7. The highest BCUT2D eigenvalue weighted by Gasteiger charge is 2.12. The molecule has 0 aliphatic carbocycles. The molecule has 0 aliphatic heterocycles. The van der Waals surface area contributed by atoms with Crippen molar-refractivity contribution in [3.63, 3.8) is 0 Å². The van der Waals surface area contributed by atoms with E-state index in [4.69, 9.17) is 0 Å². The van der Waals surface area contributed by atoms with Gasteiger partial charge in [-0.15, -0.1) is 11.3 Å². The zero-order valence-corrected chi connectivity index (χ0v) is 13.1. The van der Waals surface area contributed by atoms with Crippen LogP contribution in [0.1, 0.15) is 12.5 Å². The summed E-state index contributed by atoms with van der Waals surface area (Å²) < 4.78 is 2.73. The Balaban J connectivity index is 1.76. The highest BCUT2D eigenvalue weighted by atomic mass is 32.1. The minimum absolute atomic E-state index is 0.214. The summed E-state index contributed by atoms with van der Waals surface area (Å²) in [6.07, 6.45) is 0. The molecule has 3 rings (SSSR count). The number of hydrogen-bond donors (Lipinski definition) is 0. The van der Waals surface area contributed by atoms with Gasteiger partial charge in [-0.05, 0) is 40.0 Å². The van der Waals surface area contributed by atoms with E-state index >= 15 is 0 Å². The van der Waals surface area contributed by atoms with Crippen LogP contribution >= 0.6 is 11.3 Å². The number of hydrogen-bond acceptors (Lipinski definition) is 5. The van der Waals surface area contributed by atoms with Crippen LogP contribution in [0.15, 0.2) is 52.6 Å². The molecule has 0 bridgehead atoms. The molecule has 6 nitrogen and oxygen atoms in total. The maximum atomic E-state index is 12.4.